The Labute approximate surface area is 174 Å². The lowest BCUT2D eigenvalue weighted by atomic mass is 10.1. The van der Waals surface area contributed by atoms with Crippen molar-refractivity contribution in [2.24, 2.45) is 0 Å². The number of nitrogens with zero attached hydrogens (tertiary/aromatic N) is 1. The van der Waals surface area contributed by atoms with E-state index in [0.717, 1.165) is 13.0 Å². The van der Waals surface area contributed by atoms with Crippen LogP contribution in [-0.4, -0.2) is 33.9 Å². The van der Waals surface area contributed by atoms with Crippen molar-refractivity contribution in [1.82, 2.24) is 0 Å². The maximum absolute atomic E-state index is 13.1. The number of alkyl halides is 3. The minimum absolute atomic E-state index is 0.0701. The fourth-order valence-electron chi connectivity index (χ4n) is 2.50. The highest BCUT2D eigenvalue weighted by atomic mass is 19.4. The Bertz CT molecular complexity index is 987. The van der Waals surface area contributed by atoms with Crippen molar-refractivity contribution < 1.29 is 37.5 Å². The van der Waals surface area contributed by atoms with Crippen molar-refractivity contribution >= 4 is 23.1 Å². The number of anilines is 1. The molecule has 1 amide bonds. The summed E-state index contributed by atoms with van der Waals surface area (Å²) in [5.41, 5.74) is -4.75. The Morgan fingerprint density at radius 2 is 1.77 bits per heavy atom. The molecule has 11 heteroatoms. The molecule has 0 aromatic heterocycles. The molecule has 0 fully saturated rings. The monoisotopic (exact) mass is 440 g/mol. The van der Waals surface area contributed by atoms with Crippen LogP contribution in [0.4, 0.5) is 24.5 Å². The number of carbonyl (C=O) groups is 2. The zero-order chi connectivity index (χ0) is 23.4. The lowest BCUT2D eigenvalue weighted by molar-refractivity contribution is -0.388. The van der Waals surface area contributed by atoms with E-state index < -0.39 is 40.5 Å². The topological polar surface area (TPSA) is 119 Å². The molecule has 0 bridgehead atoms. The van der Waals surface area contributed by atoms with Crippen LogP contribution in [0, 0.1) is 10.1 Å². The summed E-state index contributed by atoms with van der Waals surface area (Å²) in [5, 5.41) is 23.2. The van der Waals surface area contributed by atoms with Crippen LogP contribution < -0.4 is 10.1 Å². The lowest BCUT2D eigenvalue weighted by Gasteiger charge is -2.23. The number of ketones is 1. The summed E-state index contributed by atoms with van der Waals surface area (Å²) in [6, 6.07) is 7.94. The Kier molecular flexibility index (Phi) is 7.01. The van der Waals surface area contributed by atoms with Crippen molar-refractivity contribution in [1.29, 1.82) is 0 Å². The molecule has 0 aliphatic rings. The highest BCUT2D eigenvalue weighted by Gasteiger charge is 2.39. The Morgan fingerprint density at radius 1 is 1.16 bits per heavy atom. The van der Waals surface area contributed by atoms with Crippen LogP contribution in [0.15, 0.2) is 42.5 Å². The van der Waals surface area contributed by atoms with Gasteiger partial charge in [0.15, 0.2) is 11.4 Å². The van der Waals surface area contributed by atoms with Crippen LogP contribution in [0.25, 0.3) is 0 Å². The standard InChI is InChI=1S/C20H19F3N2O6/c1-3-17(26)12-4-7-14(8-5-12)31-11-19(2,28)18(27)24-13-6-9-16(25(29)30)15(10-13)20(21,22)23/h4-10,28H,3,11H2,1-2H3,(H,24,27)/t19-/m1/s1. The van der Waals surface area contributed by atoms with Gasteiger partial charge in [0, 0.05) is 23.7 Å². The SMILES string of the molecule is CCC(=O)c1ccc(OC[C@@](C)(O)C(=O)Nc2ccc([N+](=O)[O-])c(C(F)(F)F)c2)cc1. The molecule has 0 saturated heterocycles. The molecule has 0 aliphatic carbocycles. The number of aliphatic hydroxyl groups is 1. The van der Waals surface area contributed by atoms with Crippen LogP contribution >= 0.6 is 0 Å². The Morgan fingerprint density at radius 3 is 2.29 bits per heavy atom. The van der Waals surface area contributed by atoms with Crippen molar-refractivity contribution in [3.05, 3.63) is 63.7 Å². The van der Waals surface area contributed by atoms with Crippen molar-refractivity contribution in [3.8, 4) is 5.75 Å². The first-order chi connectivity index (χ1) is 14.3. The first-order valence-corrected chi connectivity index (χ1v) is 9.00. The van der Waals surface area contributed by atoms with E-state index in [0.29, 0.717) is 24.1 Å². The molecule has 2 aromatic carbocycles. The average Bonchev–Trinajstić information content (AvgIpc) is 2.71. The van der Waals surface area contributed by atoms with E-state index in [1.165, 1.54) is 24.3 Å². The normalized spacial score (nSPS) is 13.2. The number of Topliss-reactive ketones (excluding diaryl/α,β-unsaturated/α-hetero) is 1. The van der Waals surface area contributed by atoms with Gasteiger partial charge in [-0.05, 0) is 43.3 Å². The second-order valence-corrected chi connectivity index (χ2v) is 6.80. The average molecular weight is 440 g/mol. The molecule has 2 N–H and O–H groups in total. The number of hydrogen-bond donors (Lipinski definition) is 2. The van der Waals surface area contributed by atoms with Gasteiger partial charge in [0.2, 0.25) is 0 Å². The quantitative estimate of drug-likeness (QED) is 0.364. The second-order valence-electron chi connectivity index (χ2n) is 6.80. The molecule has 2 aromatic rings. The first kappa shape index (κ1) is 23.8. The van der Waals surface area contributed by atoms with E-state index in [2.05, 4.69) is 5.32 Å². The van der Waals surface area contributed by atoms with Gasteiger partial charge in [0.1, 0.15) is 17.9 Å². The van der Waals surface area contributed by atoms with Gasteiger partial charge in [-0.3, -0.25) is 19.7 Å². The molecule has 166 valence electrons. The number of benzene rings is 2. The van der Waals surface area contributed by atoms with Gasteiger partial charge >= 0.3 is 6.18 Å². The molecule has 0 aliphatic heterocycles. The highest BCUT2D eigenvalue weighted by Crippen LogP contribution is 2.37. The van der Waals surface area contributed by atoms with E-state index in [1.54, 1.807) is 6.92 Å². The predicted molar refractivity (Wildman–Crippen MR) is 104 cm³/mol. The zero-order valence-corrected chi connectivity index (χ0v) is 16.5. The number of hydrogen-bond acceptors (Lipinski definition) is 6. The second kappa shape index (κ2) is 9.13. The molecule has 1 atom stereocenters. The molecule has 0 heterocycles. The summed E-state index contributed by atoms with van der Waals surface area (Å²) in [4.78, 5) is 33.5. The van der Waals surface area contributed by atoms with E-state index in [4.69, 9.17) is 4.74 Å². The summed E-state index contributed by atoms with van der Waals surface area (Å²) in [7, 11) is 0. The number of nitro groups is 1. The molecular weight excluding hydrogens is 421 g/mol. The zero-order valence-electron chi connectivity index (χ0n) is 16.5. The van der Waals surface area contributed by atoms with Gasteiger partial charge in [-0.1, -0.05) is 6.92 Å². The third-order valence-corrected chi connectivity index (χ3v) is 4.26. The van der Waals surface area contributed by atoms with Gasteiger partial charge in [-0.15, -0.1) is 0 Å². The number of halogens is 3. The predicted octanol–water partition coefficient (Wildman–Crippen LogP) is 3.97. The van der Waals surface area contributed by atoms with Crippen molar-refractivity contribution in [3.63, 3.8) is 0 Å². The lowest BCUT2D eigenvalue weighted by Crippen LogP contribution is -2.45. The van der Waals surface area contributed by atoms with E-state index >= 15 is 0 Å². The maximum atomic E-state index is 13.1. The van der Waals surface area contributed by atoms with Gasteiger partial charge < -0.3 is 15.2 Å². The molecule has 8 nitrogen and oxygen atoms in total. The summed E-state index contributed by atoms with van der Waals surface area (Å²) >= 11 is 0. The minimum Gasteiger partial charge on any atom is -0.490 e. The fourth-order valence-corrected chi connectivity index (χ4v) is 2.50. The third-order valence-electron chi connectivity index (χ3n) is 4.26. The van der Waals surface area contributed by atoms with Gasteiger partial charge in [-0.2, -0.15) is 13.2 Å². The van der Waals surface area contributed by atoms with Crippen LogP contribution in [0.5, 0.6) is 5.75 Å². The van der Waals surface area contributed by atoms with Gasteiger partial charge in [0.25, 0.3) is 11.6 Å². The number of nitrogens with one attached hydrogen (secondary N) is 1. The number of ether oxygens (including phenoxy) is 1. The van der Waals surface area contributed by atoms with Gasteiger partial charge in [-0.25, -0.2) is 0 Å². The number of carbonyl (C=O) groups excluding carboxylic acids is 2. The molecular formula is C20H19F3N2O6. The van der Waals surface area contributed by atoms with Crippen molar-refractivity contribution in [2.75, 3.05) is 11.9 Å². The van der Waals surface area contributed by atoms with Crippen LogP contribution in [-0.2, 0) is 11.0 Å². The maximum Gasteiger partial charge on any atom is 0.423 e. The third kappa shape index (κ3) is 6.01. The summed E-state index contributed by atoms with van der Waals surface area (Å²) in [6.45, 7) is 2.26. The molecule has 0 spiro atoms. The van der Waals surface area contributed by atoms with Crippen LogP contribution in [0.3, 0.4) is 0 Å². The van der Waals surface area contributed by atoms with E-state index in [1.807, 2.05) is 0 Å². The molecule has 0 radical (unpaired) electrons. The molecule has 0 saturated carbocycles. The highest BCUT2D eigenvalue weighted by molar-refractivity contribution is 5.97. The van der Waals surface area contributed by atoms with Gasteiger partial charge in [0.05, 0.1) is 4.92 Å². The number of rotatable bonds is 8. The summed E-state index contributed by atoms with van der Waals surface area (Å²) < 4.78 is 44.5. The number of nitro benzene ring substituents is 1. The summed E-state index contributed by atoms with van der Waals surface area (Å²) in [6.07, 6.45) is -4.69. The van der Waals surface area contributed by atoms with Crippen molar-refractivity contribution in [2.45, 2.75) is 32.0 Å². The Hall–Kier alpha value is -3.47. The number of amides is 1. The van der Waals surface area contributed by atoms with Crippen LogP contribution in [0.1, 0.15) is 36.2 Å². The molecule has 31 heavy (non-hydrogen) atoms. The largest absolute Gasteiger partial charge is 0.490 e. The first-order valence-electron chi connectivity index (χ1n) is 9.00. The molecule has 2 rings (SSSR count). The fraction of sp³-hybridized carbons (Fsp3) is 0.300. The van der Waals surface area contributed by atoms with E-state index in [-0.39, 0.29) is 17.2 Å². The Balaban J connectivity index is 2.10. The van der Waals surface area contributed by atoms with Crippen LogP contribution in [0.2, 0.25) is 0 Å². The summed E-state index contributed by atoms with van der Waals surface area (Å²) in [5.74, 6) is -0.887. The minimum atomic E-state index is -5.01. The smallest absolute Gasteiger partial charge is 0.423 e. The van der Waals surface area contributed by atoms with E-state index in [9.17, 15) is 38.0 Å². The molecule has 0 unspecified atom stereocenters.